The third kappa shape index (κ3) is 10.2. The Morgan fingerprint density at radius 2 is 1.89 bits per heavy atom. The van der Waals surface area contributed by atoms with E-state index in [9.17, 15) is 0 Å². The van der Waals surface area contributed by atoms with E-state index in [1.165, 1.54) is 0 Å². The standard InChI is InChI=1S/C8H20N4.C4H12N2O/c1-2-11(6-3-9)12-7-4-10-5-8-12;5-1-2-6-3-4-7/h10H,2-9H2,1H3;6-7H,1-5H2. The minimum absolute atomic E-state index is 0.194. The lowest BCUT2D eigenvalue weighted by molar-refractivity contribution is -0.0270. The van der Waals surface area contributed by atoms with Gasteiger partial charge in [-0.2, -0.15) is 0 Å². The highest BCUT2D eigenvalue weighted by Gasteiger charge is 2.14. The second kappa shape index (κ2) is 14.1. The second-order valence-corrected chi connectivity index (χ2v) is 4.30. The summed E-state index contributed by atoms with van der Waals surface area (Å²) in [6, 6.07) is 0. The quantitative estimate of drug-likeness (QED) is 0.315. The van der Waals surface area contributed by atoms with Crippen molar-refractivity contribution in [1.29, 1.82) is 0 Å². The van der Waals surface area contributed by atoms with E-state index in [4.69, 9.17) is 16.6 Å². The number of aliphatic hydroxyl groups is 1. The maximum absolute atomic E-state index is 8.19. The molecule has 0 atom stereocenters. The van der Waals surface area contributed by atoms with Crippen molar-refractivity contribution in [1.82, 2.24) is 20.7 Å². The maximum Gasteiger partial charge on any atom is 0.0555 e. The second-order valence-electron chi connectivity index (χ2n) is 4.30. The summed E-state index contributed by atoms with van der Waals surface area (Å²) in [6.45, 7) is 11.7. The predicted molar refractivity (Wildman–Crippen MR) is 79.8 cm³/mol. The number of piperazine rings is 1. The Morgan fingerprint density at radius 1 is 1.21 bits per heavy atom. The van der Waals surface area contributed by atoms with Gasteiger partial charge >= 0.3 is 0 Å². The molecule has 1 fully saturated rings. The van der Waals surface area contributed by atoms with E-state index in [-0.39, 0.29) is 6.61 Å². The first-order valence-electron chi connectivity index (χ1n) is 7.22. The molecule has 0 aromatic carbocycles. The van der Waals surface area contributed by atoms with Gasteiger partial charge in [-0.05, 0) is 0 Å². The summed E-state index contributed by atoms with van der Waals surface area (Å²) in [5, 5.41) is 19.2. The monoisotopic (exact) mass is 276 g/mol. The molecular formula is C12H32N6O. The molecule has 0 aliphatic carbocycles. The van der Waals surface area contributed by atoms with Crippen molar-refractivity contribution < 1.29 is 5.11 Å². The van der Waals surface area contributed by atoms with Gasteiger partial charge in [-0.25, -0.2) is 10.0 Å². The van der Waals surface area contributed by atoms with Crippen molar-refractivity contribution in [2.45, 2.75) is 6.92 Å². The Kier molecular flexibility index (Phi) is 13.9. The molecule has 7 heteroatoms. The van der Waals surface area contributed by atoms with Crippen LogP contribution in [0.15, 0.2) is 0 Å². The summed E-state index contributed by atoms with van der Waals surface area (Å²) in [4.78, 5) is 0. The molecule has 1 heterocycles. The molecule has 0 saturated carbocycles. The van der Waals surface area contributed by atoms with Gasteiger partial charge in [0.2, 0.25) is 0 Å². The smallest absolute Gasteiger partial charge is 0.0555 e. The summed E-state index contributed by atoms with van der Waals surface area (Å²) >= 11 is 0. The molecule has 0 aromatic heterocycles. The van der Waals surface area contributed by atoms with Crippen LogP contribution in [0.2, 0.25) is 0 Å². The lowest BCUT2D eigenvalue weighted by Crippen LogP contribution is -2.53. The molecule has 116 valence electrons. The Hall–Kier alpha value is -0.280. The van der Waals surface area contributed by atoms with Gasteiger partial charge in [0.25, 0.3) is 0 Å². The average Bonchev–Trinajstić information content (AvgIpc) is 2.47. The summed E-state index contributed by atoms with van der Waals surface area (Å²) in [5.74, 6) is 0. The lowest BCUT2D eigenvalue weighted by Gasteiger charge is -2.36. The third-order valence-corrected chi connectivity index (χ3v) is 2.86. The average molecular weight is 276 g/mol. The van der Waals surface area contributed by atoms with E-state index < -0.39 is 0 Å². The molecule has 1 saturated heterocycles. The van der Waals surface area contributed by atoms with Crippen LogP contribution in [-0.4, -0.2) is 87.2 Å². The minimum Gasteiger partial charge on any atom is -0.395 e. The largest absolute Gasteiger partial charge is 0.395 e. The van der Waals surface area contributed by atoms with Crippen molar-refractivity contribution in [3.63, 3.8) is 0 Å². The number of aliphatic hydroxyl groups excluding tert-OH is 1. The molecule has 7 nitrogen and oxygen atoms in total. The fourth-order valence-electron chi connectivity index (χ4n) is 1.89. The van der Waals surface area contributed by atoms with Crippen LogP contribution in [0, 0.1) is 0 Å². The zero-order valence-electron chi connectivity index (χ0n) is 12.3. The number of hydrogen-bond acceptors (Lipinski definition) is 7. The predicted octanol–water partition coefficient (Wildman–Crippen LogP) is -2.39. The maximum atomic E-state index is 8.19. The topological polar surface area (TPSA) is 103 Å². The van der Waals surface area contributed by atoms with Gasteiger partial charge in [0.1, 0.15) is 0 Å². The molecule has 0 unspecified atom stereocenters. The van der Waals surface area contributed by atoms with Gasteiger partial charge in [-0.15, -0.1) is 0 Å². The molecule has 1 aliphatic heterocycles. The van der Waals surface area contributed by atoms with E-state index >= 15 is 0 Å². The molecule has 0 spiro atoms. The number of rotatable bonds is 8. The van der Waals surface area contributed by atoms with Crippen molar-refractivity contribution in [3.8, 4) is 0 Å². The minimum atomic E-state index is 0.194. The molecule has 1 rings (SSSR count). The van der Waals surface area contributed by atoms with Gasteiger partial charge in [0.15, 0.2) is 0 Å². The summed E-state index contributed by atoms with van der Waals surface area (Å²) < 4.78 is 0. The Labute approximate surface area is 117 Å². The number of nitrogens with two attached hydrogens (primary N) is 2. The molecule has 1 aliphatic rings. The number of likely N-dealkylation sites (N-methyl/N-ethyl adjacent to an activating group) is 1. The SMILES string of the molecule is CCN(CCN)N1CCNCC1.NCCNCCO. The number of nitrogens with zero attached hydrogens (tertiary/aromatic N) is 2. The Morgan fingerprint density at radius 3 is 2.37 bits per heavy atom. The lowest BCUT2D eigenvalue weighted by atomic mass is 10.4. The van der Waals surface area contributed by atoms with Gasteiger partial charge in [-0.1, -0.05) is 6.92 Å². The third-order valence-electron chi connectivity index (χ3n) is 2.86. The fraction of sp³-hybridized carbons (Fsp3) is 1.00. The van der Waals surface area contributed by atoms with Crippen LogP contribution < -0.4 is 22.1 Å². The van der Waals surface area contributed by atoms with Crippen LogP contribution in [0.1, 0.15) is 6.92 Å². The molecule has 0 radical (unpaired) electrons. The highest BCUT2D eigenvalue weighted by Crippen LogP contribution is 1.98. The van der Waals surface area contributed by atoms with Crippen LogP contribution >= 0.6 is 0 Å². The van der Waals surface area contributed by atoms with Crippen LogP contribution in [0.5, 0.6) is 0 Å². The molecule has 0 bridgehead atoms. The zero-order valence-corrected chi connectivity index (χ0v) is 12.3. The van der Waals surface area contributed by atoms with Crippen molar-refractivity contribution in [2.24, 2.45) is 11.5 Å². The van der Waals surface area contributed by atoms with Crippen molar-refractivity contribution in [3.05, 3.63) is 0 Å². The van der Waals surface area contributed by atoms with E-state index in [1.807, 2.05) is 0 Å². The molecule has 0 aromatic rings. The summed E-state index contributed by atoms with van der Waals surface area (Å²) in [6.07, 6.45) is 0. The van der Waals surface area contributed by atoms with Gasteiger partial charge in [0, 0.05) is 65.4 Å². The summed E-state index contributed by atoms with van der Waals surface area (Å²) in [7, 11) is 0. The molecule has 0 amide bonds. The first kappa shape index (κ1) is 18.7. The number of hydrogen-bond donors (Lipinski definition) is 5. The Bertz CT molecular complexity index is 171. The van der Waals surface area contributed by atoms with Crippen molar-refractivity contribution >= 4 is 0 Å². The van der Waals surface area contributed by atoms with Gasteiger partial charge < -0.3 is 27.2 Å². The first-order chi connectivity index (χ1) is 9.29. The zero-order chi connectivity index (χ0) is 14.3. The van der Waals surface area contributed by atoms with E-state index in [0.29, 0.717) is 13.1 Å². The van der Waals surface area contributed by atoms with E-state index in [1.54, 1.807) is 0 Å². The van der Waals surface area contributed by atoms with Crippen LogP contribution in [0.3, 0.4) is 0 Å². The van der Waals surface area contributed by atoms with Crippen LogP contribution in [0.25, 0.3) is 0 Å². The molecule has 7 N–H and O–H groups in total. The van der Waals surface area contributed by atoms with E-state index in [2.05, 4.69) is 27.6 Å². The van der Waals surface area contributed by atoms with E-state index in [0.717, 1.165) is 52.4 Å². The number of nitrogens with one attached hydrogen (secondary N) is 2. The van der Waals surface area contributed by atoms with Crippen molar-refractivity contribution in [2.75, 3.05) is 72.1 Å². The highest BCUT2D eigenvalue weighted by atomic mass is 16.3. The normalized spacial score (nSPS) is 16.3. The van der Waals surface area contributed by atoms with Crippen LogP contribution in [-0.2, 0) is 0 Å². The van der Waals surface area contributed by atoms with Crippen LogP contribution in [0.4, 0.5) is 0 Å². The summed E-state index contributed by atoms with van der Waals surface area (Å²) in [5.41, 5.74) is 10.7. The van der Waals surface area contributed by atoms with Gasteiger partial charge in [-0.3, -0.25) is 0 Å². The highest BCUT2D eigenvalue weighted by molar-refractivity contribution is 4.66. The Balaban J connectivity index is 0.000000399. The number of hydrazine groups is 1. The molecular weight excluding hydrogens is 244 g/mol. The molecule has 19 heavy (non-hydrogen) atoms. The fourth-order valence-corrected chi connectivity index (χ4v) is 1.89. The first-order valence-corrected chi connectivity index (χ1v) is 7.22. The van der Waals surface area contributed by atoms with Gasteiger partial charge in [0.05, 0.1) is 6.61 Å².